The Balaban J connectivity index is 0.964. The molecule has 3 heterocycles. The molecule has 11 rings (SSSR count). The van der Waals surface area contributed by atoms with Crippen molar-refractivity contribution >= 4 is 55.6 Å². The van der Waals surface area contributed by atoms with Crippen LogP contribution in [-0.2, 0) is 0 Å². The Morgan fingerprint density at radius 2 is 0.723 bits per heavy atom. The molecule has 0 radical (unpaired) electrons. The third-order valence-corrected chi connectivity index (χ3v) is 15.0. The van der Waals surface area contributed by atoms with E-state index in [1.54, 1.807) is 0 Å². The number of hydrogen-bond donors (Lipinski definition) is 0. The van der Waals surface area contributed by atoms with Crippen molar-refractivity contribution in [3.8, 4) is 27.9 Å². The van der Waals surface area contributed by atoms with E-state index in [1.807, 2.05) is 0 Å². The van der Waals surface area contributed by atoms with Gasteiger partial charge < -0.3 is 14.4 Å². The normalized spacial score (nSPS) is 17.2. The summed E-state index contributed by atoms with van der Waals surface area (Å²) in [4.78, 5) is 15.5. The first-order chi connectivity index (χ1) is 31.2. The summed E-state index contributed by atoms with van der Waals surface area (Å²) in [5, 5.41) is 4.91. The Bertz CT molecular complexity index is 3340. The molecule has 0 unspecified atom stereocenters. The van der Waals surface area contributed by atoms with E-state index in [0.29, 0.717) is 0 Å². The minimum Gasteiger partial charge on any atom is -0.318 e. The topological polar surface area (TPSA) is 36.1 Å². The molecule has 0 N–H and O–H groups in total. The number of benzene rings is 8. The van der Waals surface area contributed by atoms with Gasteiger partial charge in [-0.2, -0.15) is 0 Å². The maximum absolute atomic E-state index is 5.33. The Labute approximate surface area is 383 Å². The lowest BCUT2D eigenvalue weighted by atomic mass is 9.83. The zero-order valence-electron chi connectivity index (χ0n) is 38.6. The van der Waals surface area contributed by atoms with E-state index >= 15 is 0 Å². The second-order valence-electron chi connectivity index (χ2n) is 19.9. The summed E-state index contributed by atoms with van der Waals surface area (Å²) in [5.41, 5.74) is 11.9. The van der Waals surface area contributed by atoms with E-state index in [2.05, 4.69) is 258 Å². The fraction of sp³-hybridized carbons (Fsp3) is 0.200. The summed E-state index contributed by atoms with van der Waals surface area (Å²) in [6, 6.07) is 68.5. The smallest absolute Gasteiger partial charge is 0.136 e. The highest BCUT2D eigenvalue weighted by Gasteiger charge is 2.51. The Kier molecular flexibility index (Phi) is 9.13. The number of nitrogens with zero attached hydrogens (tertiary/aromatic N) is 5. The zero-order valence-corrected chi connectivity index (χ0v) is 38.6. The van der Waals surface area contributed by atoms with E-state index in [4.69, 9.17) is 9.98 Å². The van der Waals surface area contributed by atoms with Gasteiger partial charge in [-0.15, -0.1) is 0 Å². The van der Waals surface area contributed by atoms with E-state index in [0.717, 1.165) is 39.9 Å². The van der Waals surface area contributed by atoms with Gasteiger partial charge in [-0.25, -0.2) is 0 Å². The summed E-state index contributed by atoms with van der Waals surface area (Å²) in [6.45, 7) is 18.1. The highest BCUT2D eigenvalue weighted by molar-refractivity contribution is 6.20. The fourth-order valence-corrected chi connectivity index (χ4v) is 10.1. The maximum Gasteiger partial charge on any atom is 0.136 e. The SMILES string of the molecule is CC1(C)N=C(c2ccc(-c3ccc4c(ccc5c6ccc(-c7ccc(C8=NC(C)(C)C(C)(C)N8c8ccccc8)cc7)cc6n(-c6ccccc6)c45)c3)cc2)N(c2ccccc2)C1(C)C. The molecule has 2 aliphatic heterocycles. The van der Waals surface area contributed by atoms with Gasteiger partial charge in [0.25, 0.3) is 0 Å². The average molecular weight is 846 g/mol. The molecule has 0 amide bonds. The van der Waals surface area contributed by atoms with E-state index in [1.165, 1.54) is 54.8 Å². The third kappa shape index (κ3) is 6.35. The molecule has 0 aliphatic carbocycles. The van der Waals surface area contributed by atoms with Gasteiger partial charge in [0.15, 0.2) is 0 Å². The van der Waals surface area contributed by atoms with Gasteiger partial charge in [0.1, 0.15) is 11.7 Å². The number of amidine groups is 2. The number of rotatable bonds is 7. The minimum absolute atomic E-state index is 0.201. The molecule has 1 aromatic heterocycles. The molecule has 0 bridgehead atoms. The van der Waals surface area contributed by atoms with Crippen LogP contribution in [0.25, 0.3) is 60.5 Å². The molecule has 0 atom stereocenters. The van der Waals surface area contributed by atoms with Crippen molar-refractivity contribution in [1.82, 2.24) is 4.57 Å². The van der Waals surface area contributed by atoms with Gasteiger partial charge in [-0.1, -0.05) is 140 Å². The van der Waals surface area contributed by atoms with Crippen molar-refractivity contribution in [2.24, 2.45) is 9.98 Å². The molecule has 8 aromatic carbocycles. The standard InChI is InChI=1S/C60H55N5/c1-57(2)59(5,6)64(48-20-14-10-15-21-48)55(61-57)42-28-24-40(25-29-42)44-32-35-50-46(38-44)34-37-52-51-36-33-45(39-53(51)63(54(50)52)47-18-12-9-13-19-47)41-26-30-43(31-27-41)56-62-58(3,4)60(7,8)65(56)49-22-16-11-17-23-49/h9-39H,1-8H3. The van der Waals surface area contributed by atoms with Crippen LogP contribution in [0.2, 0.25) is 0 Å². The summed E-state index contributed by atoms with van der Waals surface area (Å²) in [7, 11) is 0. The van der Waals surface area contributed by atoms with Crippen LogP contribution in [0.15, 0.2) is 198 Å². The van der Waals surface area contributed by atoms with Crippen LogP contribution < -0.4 is 9.80 Å². The van der Waals surface area contributed by atoms with E-state index in [-0.39, 0.29) is 22.2 Å². The molecular weight excluding hydrogens is 791 g/mol. The van der Waals surface area contributed by atoms with Gasteiger partial charge in [0, 0.05) is 44.3 Å². The number of fused-ring (bicyclic) bond motifs is 5. The molecule has 320 valence electrons. The highest BCUT2D eigenvalue weighted by Crippen LogP contribution is 2.45. The summed E-state index contributed by atoms with van der Waals surface area (Å²) in [6.07, 6.45) is 0. The molecule has 0 spiro atoms. The summed E-state index contributed by atoms with van der Waals surface area (Å²) >= 11 is 0. The van der Waals surface area contributed by atoms with E-state index in [9.17, 15) is 0 Å². The summed E-state index contributed by atoms with van der Waals surface area (Å²) in [5.74, 6) is 2.02. The molecule has 5 nitrogen and oxygen atoms in total. The second-order valence-corrected chi connectivity index (χ2v) is 19.9. The van der Waals surface area contributed by atoms with Crippen LogP contribution >= 0.6 is 0 Å². The highest BCUT2D eigenvalue weighted by atomic mass is 15.3. The minimum atomic E-state index is -0.267. The third-order valence-electron chi connectivity index (χ3n) is 15.0. The predicted molar refractivity (Wildman–Crippen MR) is 276 cm³/mol. The Morgan fingerprint density at radius 1 is 0.338 bits per heavy atom. The van der Waals surface area contributed by atoms with Crippen LogP contribution in [0.3, 0.4) is 0 Å². The zero-order chi connectivity index (χ0) is 44.9. The van der Waals surface area contributed by atoms with Gasteiger partial charge >= 0.3 is 0 Å². The van der Waals surface area contributed by atoms with Crippen LogP contribution in [-0.4, -0.2) is 38.4 Å². The van der Waals surface area contributed by atoms with E-state index < -0.39 is 0 Å². The quantitative estimate of drug-likeness (QED) is 0.160. The number of para-hydroxylation sites is 3. The lowest BCUT2D eigenvalue weighted by molar-refractivity contribution is 0.338. The first-order valence-corrected chi connectivity index (χ1v) is 22.9. The number of aromatic nitrogens is 1. The second kappa shape index (κ2) is 14.6. The molecule has 0 saturated carbocycles. The largest absolute Gasteiger partial charge is 0.318 e. The molecule has 2 aliphatic rings. The molecule has 65 heavy (non-hydrogen) atoms. The average Bonchev–Trinajstić information content (AvgIpc) is 3.83. The van der Waals surface area contributed by atoms with Crippen LogP contribution in [0, 0.1) is 0 Å². The van der Waals surface area contributed by atoms with Crippen LogP contribution in [0.5, 0.6) is 0 Å². The van der Waals surface area contributed by atoms with Crippen molar-refractivity contribution in [3.05, 3.63) is 199 Å². The predicted octanol–water partition coefficient (Wildman–Crippen LogP) is 14.9. The van der Waals surface area contributed by atoms with Gasteiger partial charge in [0.05, 0.1) is 33.2 Å². The Hall–Kier alpha value is -7.24. The van der Waals surface area contributed by atoms with Gasteiger partial charge in [-0.3, -0.25) is 9.98 Å². The lowest BCUT2D eigenvalue weighted by Crippen LogP contribution is -2.53. The number of hydrogen-bond acceptors (Lipinski definition) is 4. The van der Waals surface area contributed by atoms with Crippen molar-refractivity contribution in [3.63, 3.8) is 0 Å². The van der Waals surface area contributed by atoms with Crippen molar-refractivity contribution in [2.45, 2.75) is 77.5 Å². The maximum atomic E-state index is 5.33. The molecule has 0 fully saturated rings. The molecule has 5 heteroatoms. The Morgan fingerprint density at radius 3 is 1.20 bits per heavy atom. The molecule has 9 aromatic rings. The summed E-state index contributed by atoms with van der Waals surface area (Å²) < 4.78 is 2.46. The monoisotopic (exact) mass is 845 g/mol. The van der Waals surface area contributed by atoms with Crippen molar-refractivity contribution < 1.29 is 0 Å². The van der Waals surface area contributed by atoms with Gasteiger partial charge in [-0.05, 0) is 132 Å². The lowest BCUT2D eigenvalue weighted by Gasteiger charge is -2.41. The number of anilines is 2. The van der Waals surface area contributed by atoms with Crippen LogP contribution in [0.1, 0.15) is 66.5 Å². The molecule has 0 saturated heterocycles. The number of aliphatic imine (C=N–C) groups is 2. The van der Waals surface area contributed by atoms with Crippen molar-refractivity contribution in [1.29, 1.82) is 0 Å². The van der Waals surface area contributed by atoms with Crippen LogP contribution in [0.4, 0.5) is 11.4 Å². The van der Waals surface area contributed by atoms with Crippen molar-refractivity contribution in [2.75, 3.05) is 9.80 Å². The molecular formula is C60H55N5. The first-order valence-electron chi connectivity index (χ1n) is 22.9. The fourth-order valence-electron chi connectivity index (χ4n) is 10.1. The first kappa shape index (κ1) is 40.5. The van der Waals surface area contributed by atoms with Gasteiger partial charge in [0.2, 0.25) is 0 Å².